The fourth-order valence-electron chi connectivity index (χ4n) is 5.28. The Morgan fingerprint density at radius 3 is 2.48 bits per heavy atom. The van der Waals surface area contributed by atoms with Crippen molar-refractivity contribution >= 4 is 42.0 Å². The number of rotatable bonds is 11. The highest BCUT2D eigenvalue weighted by molar-refractivity contribution is 7.53. The topological polar surface area (TPSA) is 230 Å². The lowest BCUT2D eigenvalue weighted by Gasteiger charge is -2.34. The Morgan fingerprint density at radius 1 is 1.17 bits per heavy atom. The molecule has 42 heavy (non-hydrogen) atoms. The number of nitrogens with zero attached hydrogens (tertiary/aromatic N) is 4. The number of halogens is 1. The molecule has 2 aliphatic rings. The molecule has 1 aliphatic heterocycles. The van der Waals surface area contributed by atoms with Crippen LogP contribution in [0.25, 0.3) is 11.0 Å². The number of aliphatic hydroxyl groups excluding tert-OH is 3. The maximum atomic E-state index is 12.5. The third kappa shape index (κ3) is 6.02. The minimum Gasteiger partial charge on any atom is -0.478 e. The van der Waals surface area contributed by atoms with E-state index in [2.05, 4.69) is 20.4 Å². The molecule has 2 fully saturated rings. The number of benzene rings is 1. The van der Waals surface area contributed by atoms with E-state index < -0.39 is 63.1 Å². The Morgan fingerprint density at radius 2 is 1.86 bits per heavy atom. The number of fused-ring (bicyclic) bond motifs is 1. The number of nitrogens with one attached hydrogen (secondary N) is 1. The molecule has 3 aromatic rings. The number of hydrogen-bond acceptors (Lipinski definition) is 11. The summed E-state index contributed by atoms with van der Waals surface area (Å²) in [4.78, 5) is 39.9. The van der Waals surface area contributed by atoms with E-state index in [1.54, 1.807) is 0 Å². The number of aromatic nitrogens is 4. The van der Waals surface area contributed by atoms with Crippen molar-refractivity contribution in [3.05, 3.63) is 46.9 Å². The smallest absolute Gasteiger partial charge is 0.359 e. The summed E-state index contributed by atoms with van der Waals surface area (Å²) in [7, 11) is -5.16. The van der Waals surface area contributed by atoms with Crippen LogP contribution in [0.2, 0.25) is 5.28 Å². The van der Waals surface area contributed by atoms with Gasteiger partial charge in [0, 0.05) is 12.5 Å². The Balaban J connectivity index is 1.35. The SMILES string of the molecule is O=C(O)c1ccc(CC(CO)(OC[C@H]2O[C@@H](n3ncc4c(NC5CCCC5)nc(Cl)nc43)[C@H](O)[C@@H]2O)P(=O)(O)O)cc1. The summed E-state index contributed by atoms with van der Waals surface area (Å²) in [6.07, 6.45) is -0.510. The van der Waals surface area contributed by atoms with Gasteiger partial charge in [0.25, 0.3) is 0 Å². The van der Waals surface area contributed by atoms with Crippen LogP contribution >= 0.6 is 19.2 Å². The van der Waals surface area contributed by atoms with Crippen molar-refractivity contribution < 1.29 is 49.0 Å². The second-order valence-corrected chi connectivity index (χ2v) is 12.7. The van der Waals surface area contributed by atoms with Gasteiger partial charge in [0.1, 0.15) is 24.1 Å². The summed E-state index contributed by atoms with van der Waals surface area (Å²) in [5.41, 5.74) is 0.481. The predicted molar refractivity (Wildman–Crippen MR) is 147 cm³/mol. The van der Waals surface area contributed by atoms with E-state index in [1.165, 1.54) is 35.1 Å². The van der Waals surface area contributed by atoms with Gasteiger partial charge in [-0.3, -0.25) is 4.57 Å². The molecule has 2 aromatic heterocycles. The summed E-state index contributed by atoms with van der Waals surface area (Å²) in [5, 5.41) is 46.4. The third-order valence-electron chi connectivity index (χ3n) is 7.68. The maximum absolute atomic E-state index is 12.5. The summed E-state index contributed by atoms with van der Waals surface area (Å²) in [5.74, 6) is -0.705. The minimum absolute atomic E-state index is 0.0351. The first-order valence-electron chi connectivity index (χ1n) is 13.2. The molecule has 3 heterocycles. The van der Waals surface area contributed by atoms with Gasteiger partial charge in [-0.1, -0.05) is 25.0 Å². The third-order valence-corrected chi connectivity index (χ3v) is 9.34. The molecule has 228 valence electrons. The molecule has 0 radical (unpaired) electrons. The molecule has 0 amide bonds. The summed E-state index contributed by atoms with van der Waals surface area (Å²) in [6.45, 7) is -1.74. The van der Waals surface area contributed by atoms with Gasteiger partial charge in [-0.2, -0.15) is 15.1 Å². The highest BCUT2D eigenvalue weighted by atomic mass is 35.5. The Hall–Kier alpha value is -2.72. The van der Waals surface area contributed by atoms with Gasteiger partial charge < -0.3 is 45.0 Å². The first-order valence-corrected chi connectivity index (χ1v) is 15.2. The van der Waals surface area contributed by atoms with Crippen molar-refractivity contribution in [2.45, 2.75) is 68.0 Å². The molecule has 5 atom stereocenters. The minimum atomic E-state index is -5.16. The largest absolute Gasteiger partial charge is 0.478 e. The molecular weight excluding hydrogens is 597 g/mol. The van der Waals surface area contributed by atoms with Crippen LogP contribution in [0.1, 0.15) is 47.8 Å². The van der Waals surface area contributed by atoms with Crippen LogP contribution in [-0.4, -0.2) is 98.8 Å². The number of anilines is 1. The van der Waals surface area contributed by atoms with E-state index in [1.807, 2.05) is 0 Å². The Kier molecular flexibility index (Phi) is 8.86. The fourth-order valence-corrected chi connectivity index (χ4v) is 6.26. The molecule has 17 heteroatoms. The van der Waals surface area contributed by atoms with E-state index in [9.17, 15) is 34.5 Å². The second kappa shape index (κ2) is 12.1. The molecule has 0 spiro atoms. The van der Waals surface area contributed by atoms with Crippen molar-refractivity contribution in [3.8, 4) is 0 Å². The average Bonchev–Trinajstić information content (AvgIpc) is 3.67. The van der Waals surface area contributed by atoms with Gasteiger partial charge in [-0.15, -0.1) is 0 Å². The van der Waals surface area contributed by atoms with Crippen LogP contribution in [0.4, 0.5) is 5.82 Å². The first kappa shape index (κ1) is 30.7. The van der Waals surface area contributed by atoms with Crippen LogP contribution in [0, 0.1) is 0 Å². The monoisotopic (exact) mass is 627 g/mol. The lowest BCUT2D eigenvalue weighted by molar-refractivity contribution is -0.109. The second-order valence-electron chi connectivity index (χ2n) is 10.5. The molecule has 1 aliphatic carbocycles. The highest BCUT2D eigenvalue weighted by Gasteiger charge is 2.51. The van der Waals surface area contributed by atoms with Crippen molar-refractivity contribution in [1.29, 1.82) is 0 Å². The lowest BCUT2D eigenvalue weighted by Crippen LogP contribution is -2.43. The normalized spacial score (nSPS) is 24.7. The van der Waals surface area contributed by atoms with E-state index in [4.69, 9.17) is 26.2 Å². The fraction of sp³-hybridized carbons (Fsp3) is 0.520. The van der Waals surface area contributed by atoms with Gasteiger partial charge in [0.15, 0.2) is 17.2 Å². The molecule has 7 N–H and O–H groups in total. The van der Waals surface area contributed by atoms with Gasteiger partial charge >= 0.3 is 13.6 Å². The summed E-state index contributed by atoms with van der Waals surface area (Å²) < 4.78 is 25.2. The van der Waals surface area contributed by atoms with Crippen LogP contribution < -0.4 is 5.32 Å². The zero-order valence-electron chi connectivity index (χ0n) is 22.2. The molecule has 0 bridgehead atoms. The van der Waals surface area contributed by atoms with Gasteiger partial charge in [0.05, 0.1) is 30.4 Å². The van der Waals surface area contributed by atoms with E-state index in [-0.39, 0.29) is 28.1 Å². The molecular formula is C25H31ClN5O10P. The average molecular weight is 628 g/mol. The first-order chi connectivity index (χ1) is 19.9. The zero-order valence-corrected chi connectivity index (χ0v) is 23.8. The number of carboxylic acid groups (broad SMARTS) is 1. The molecule has 15 nitrogen and oxygen atoms in total. The molecule has 1 saturated heterocycles. The van der Waals surface area contributed by atoms with Crippen LogP contribution in [0.15, 0.2) is 30.5 Å². The summed E-state index contributed by atoms with van der Waals surface area (Å²) >= 11 is 6.19. The van der Waals surface area contributed by atoms with Crippen molar-refractivity contribution in [2.75, 3.05) is 18.5 Å². The Labute approximate surface area is 244 Å². The number of ether oxygens (including phenoxy) is 2. The zero-order chi connectivity index (χ0) is 30.2. The molecule has 1 saturated carbocycles. The van der Waals surface area contributed by atoms with E-state index >= 15 is 0 Å². The molecule has 1 unspecified atom stereocenters. The van der Waals surface area contributed by atoms with Crippen molar-refractivity contribution in [2.24, 2.45) is 0 Å². The number of carboxylic acids is 1. The maximum Gasteiger partial charge on any atom is 0.359 e. The van der Waals surface area contributed by atoms with Gasteiger partial charge in [-0.25, -0.2) is 9.48 Å². The number of aliphatic hydroxyl groups is 3. The lowest BCUT2D eigenvalue weighted by atomic mass is 10.1. The van der Waals surface area contributed by atoms with Crippen LogP contribution in [0.3, 0.4) is 0 Å². The molecule has 5 rings (SSSR count). The van der Waals surface area contributed by atoms with E-state index in [0.717, 1.165) is 25.7 Å². The highest BCUT2D eigenvalue weighted by Crippen LogP contribution is 2.53. The van der Waals surface area contributed by atoms with Crippen molar-refractivity contribution in [1.82, 2.24) is 19.7 Å². The van der Waals surface area contributed by atoms with Crippen LogP contribution in [0.5, 0.6) is 0 Å². The summed E-state index contributed by atoms with van der Waals surface area (Å²) in [6, 6.07) is 5.42. The van der Waals surface area contributed by atoms with Gasteiger partial charge in [-0.05, 0) is 42.1 Å². The van der Waals surface area contributed by atoms with Crippen molar-refractivity contribution in [3.63, 3.8) is 0 Å². The van der Waals surface area contributed by atoms with Gasteiger partial charge in [0.2, 0.25) is 5.28 Å². The number of aromatic carboxylic acids is 1. The molecule has 1 aromatic carbocycles. The van der Waals surface area contributed by atoms with Crippen LogP contribution in [-0.2, 0) is 20.5 Å². The Bertz CT molecular complexity index is 1480. The standard InChI is InChI=1S/C25H31ClN5O10P/c26-24-29-20(28-15-3-1-2-4-15)16-10-27-31(21(16)30-24)22-19(34)18(33)17(41-22)11-40-25(12-32,42(37,38)39)9-13-5-7-14(8-6-13)23(35)36/h5-8,10,15,17-19,22,32-34H,1-4,9,11-12H2,(H,35,36)(H,28,29,30)(H2,37,38,39)/t17-,18-,19-,22-,25?/m1/s1. The number of carbonyl (C=O) groups is 1. The number of hydrogen-bond donors (Lipinski definition) is 7. The predicted octanol–water partition coefficient (Wildman–Crippen LogP) is 1.28. The quantitative estimate of drug-likeness (QED) is 0.117. The van der Waals surface area contributed by atoms with E-state index in [0.29, 0.717) is 11.2 Å².